The van der Waals surface area contributed by atoms with Gasteiger partial charge in [0.25, 0.3) is 0 Å². The maximum absolute atomic E-state index is 13.6. The molecule has 0 aromatic heterocycles. The zero-order chi connectivity index (χ0) is 25.5. The molecular weight excluding hydrogens is 450 g/mol. The van der Waals surface area contributed by atoms with Crippen LogP contribution < -0.4 is 9.62 Å². The Balaban J connectivity index is 2.44. The second-order valence-electron chi connectivity index (χ2n) is 8.76. The van der Waals surface area contributed by atoms with Crippen LogP contribution in [0.1, 0.15) is 48.9 Å². The summed E-state index contributed by atoms with van der Waals surface area (Å²) >= 11 is 0. The largest absolute Gasteiger partial charge is 0.354 e. The number of hydrogen-bond donors (Lipinski definition) is 1. The van der Waals surface area contributed by atoms with Crippen molar-refractivity contribution in [3.63, 3.8) is 0 Å². The van der Waals surface area contributed by atoms with E-state index in [-0.39, 0.29) is 19.0 Å². The number of carbonyl (C=O) groups excluding carboxylic acids is 2. The smallest absolute Gasteiger partial charge is 0.244 e. The van der Waals surface area contributed by atoms with Crippen molar-refractivity contribution in [3.8, 4) is 0 Å². The van der Waals surface area contributed by atoms with Crippen molar-refractivity contribution < 1.29 is 18.0 Å². The number of aryl methyl sites for hydroxylation is 3. The lowest BCUT2D eigenvalue weighted by atomic mass is 10.1. The molecule has 0 aliphatic rings. The monoisotopic (exact) mass is 487 g/mol. The van der Waals surface area contributed by atoms with Gasteiger partial charge in [-0.05, 0) is 62.4 Å². The Hall–Kier alpha value is -2.87. The van der Waals surface area contributed by atoms with Crippen molar-refractivity contribution in [3.05, 3.63) is 64.7 Å². The first kappa shape index (κ1) is 27.4. The summed E-state index contributed by atoms with van der Waals surface area (Å²) in [5, 5.41) is 2.88. The molecule has 0 aliphatic carbocycles. The van der Waals surface area contributed by atoms with Gasteiger partial charge in [-0.1, -0.05) is 49.7 Å². The number of hydrogen-bond acceptors (Lipinski definition) is 4. The van der Waals surface area contributed by atoms with Gasteiger partial charge in [-0.15, -0.1) is 0 Å². The lowest BCUT2D eigenvalue weighted by Crippen LogP contribution is -2.52. The summed E-state index contributed by atoms with van der Waals surface area (Å²) in [6.07, 6.45) is 2.28. The van der Waals surface area contributed by atoms with Crippen LogP contribution in [-0.2, 0) is 26.2 Å². The quantitative estimate of drug-likeness (QED) is 0.523. The zero-order valence-corrected chi connectivity index (χ0v) is 21.9. The number of amides is 2. The van der Waals surface area contributed by atoms with E-state index in [1.54, 1.807) is 12.1 Å². The zero-order valence-electron chi connectivity index (χ0n) is 21.1. The maximum Gasteiger partial charge on any atom is 0.244 e. The molecular formula is C26H37N3O4S. The van der Waals surface area contributed by atoms with Gasteiger partial charge < -0.3 is 10.2 Å². The van der Waals surface area contributed by atoms with Gasteiger partial charge in [0.1, 0.15) is 12.6 Å². The van der Waals surface area contributed by atoms with E-state index in [1.165, 1.54) is 4.90 Å². The van der Waals surface area contributed by atoms with Crippen molar-refractivity contribution in [2.24, 2.45) is 0 Å². The molecule has 2 rings (SSSR count). The summed E-state index contributed by atoms with van der Waals surface area (Å²) in [6.45, 7) is 9.96. The molecule has 0 bridgehead atoms. The minimum atomic E-state index is -3.74. The number of nitrogens with zero attached hydrogens (tertiary/aromatic N) is 2. The number of carbonyl (C=O) groups is 2. The Bertz CT molecular complexity index is 1110. The third kappa shape index (κ3) is 7.32. The summed E-state index contributed by atoms with van der Waals surface area (Å²) in [5.41, 5.74) is 4.32. The van der Waals surface area contributed by atoms with E-state index in [1.807, 2.05) is 65.0 Å². The highest BCUT2D eigenvalue weighted by Crippen LogP contribution is 2.22. The van der Waals surface area contributed by atoms with Gasteiger partial charge in [0, 0.05) is 13.1 Å². The molecule has 0 unspecified atom stereocenters. The highest BCUT2D eigenvalue weighted by atomic mass is 32.2. The predicted molar refractivity (Wildman–Crippen MR) is 137 cm³/mol. The second-order valence-corrected chi connectivity index (χ2v) is 10.7. The number of rotatable bonds is 11. The molecule has 1 atom stereocenters. The summed E-state index contributed by atoms with van der Waals surface area (Å²) in [5.74, 6) is -0.661. The van der Waals surface area contributed by atoms with Crippen LogP contribution in [0.3, 0.4) is 0 Å². The van der Waals surface area contributed by atoms with Gasteiger partial charge in [-0.2, -0.15) is 0 Å². The molecule has 2 amide bonds. The molecule has 186 valence electrons. The van der Waals surface area contributed by atoms with Crippen LogP contribution in [0.15, 0.2) is 42.5 Å². The van der Waals surface area contributed by atoms with Crippen LogP contribution >= 0.6 is 0 Å². The molecule has 0 fully saturated rings. The maximum atomic E-state index is 13.6. The van der Waals surface area contributed by atoms with Gasteiger partial charge in [0.2, 0.25) is 21.8 Å². The Labute approximate surface area is 204 Å². The molecule has 1 N–H and O–H groups in total. The molecule has 2 aromatic carbocycles. The Morgan fingerprint density at radius 2 is 1.71 bits per heavy atom. The lowest BCUT2D eigenvalue weighted by Gasteiger charge is -2.33. The second kappa shape index (κ2) is 12.0. The van der Waals surface area contributed by atoms with Crippen molar-refractivity contribution in [2.45, 2.75) is 60.0 Å². The van der Waals surface area contributed by atoms with Gasteiger partial charge in [-0.25, -0.2) is 8.42 Å². The fraction of sp³-hybridized carbons (Fsp3) is 0.462. The van der Waals surface area contributed by atoms with E-state index in [2.05, 4.69) is 5.32 Å². The first-order valence-corrected chi connectivity index (χ1v) is 13.5. The van der Waals surface area contributed by atoms with Crippen LogP contribution in [0.2, 0.25) is 0 Å². The average Bonchev–Trinajstić information content (AvgIpc) is 2.77. The lowest BCUT2D eigenvalue weighted by molar-refractivity contribution is -0.140. The SMILES string of the molecule is CCCNC(=O)[C@H](CC)N(Cc1cccc(C)c1)C(=O)CN(c1ccc(C)c(C)c1)S(C)(=O)=O. The number of anilines is 1. The Morgan fingerprint density at radius 3 is 2.26 bits per heavy atom. The number of sulfonamides is 1. The fourth-order valence-corrected chi connectivity index (χ4v) is 4.63. The van der Waals surface area contributed by atoms with Gasteiger partial charge in [0.15, 0.2) is 0 Å². The molecule has 0 heterocycles. The van der Waals surface area contributed by atoms with E-state index in [4.69, 9.17) is 0 Å². The normalized spacial score (nSPS) is 12.2. The molecule has 34 heavy (non-hydrogen) atoms. The van der Waals surface area contributed by atoms with Crippen molar-refractivity contribution >= 4 is 27.5 Å². The van der Waals surface area contributed by atoms with Crippen molar-refractivity contribution in [2.75, 3.05) is 23.7 Å². The highest BCUT2D eigenvalue weighted by Gasteiger charge is 2.31. The van der Waals surface area contributed by atoms with Crippen LogP contribution in [-0.4, -0.2) is 50.5 Å². The summed E-state index contributed by atoms with van der Waals surface area (Å²) < 4.78 is 26.5. The van der Waals surface area contributed by atoms with Crippen molar-refractivity contribution in [1.29, 1.82) is 0 Å². The van der Waals surface area contributed by atoms with E-state index < -0.39 is 22.0 Å². The molecule has 0 saturated carbocycles. The summed E-state index contributed by atoms with van der Waals surface area (Å²) in [4.78, 5) is 28.1. The van der Waals surface area contributed by atoms with Crippen LogP contribution in [0.5, 0.6) is 0 Å². The Morgan fingerprint density at radius 1 is 1.00 bits per heavy atom. The topological polar surface area (TPSA) is 86.8 Å². The molecule has 8 heteroatoms. The molecule has 0 aliphatic heterocycles. The fourth-order valence-electron chi connectivity index (χ4n) is 3.79. The molecule has 0 saturated heterocycles. The third-order valence-electron chi connectivity index (χ3n) is 5.83. The van der Waals surface area contributed by atoms with Gasteiger partial charge in [0.05, 0.1) is 11.9 Å². The Kier molecular flexibility index (Phi) is 9.67. The summed E-state index contributed by atoms with van der Waals surface area (Å²) in [7, 11) is -3.74. The molecule has 0 radical (unpaired) electrons. The third-order valence-corrected chi connectivity index (χ3v) is 6.97. The number of benzene rings is 2. The average molecular weight is 488 g/mol. The van der Waals surface area contributed by atoms with E-state index in [9.17, 15) is 18.0 Å². The van der Waals surface area contributed by atoms with E-state index in [0.717, 1.165) is 39.2 Å². The van der Waals surface area contributed by atoms with E-state index in [0.29, 0.717) is 18.7 Å². The first-order valence-electron chi connectivity index (χ1n) is 11.7. The minimum Gasteiger partial charge on any atom is -0.354 e. The molecule has 2 aromatic rings. The van der Waals surface area contributed by atoms with Gasteiger partial charge in [-0.3, -0.25) is 13.9 Å². The van der Waals surface area contributed by atoms with Crippen molar-refractivity contribution in [1.82, 2.24) is 10.2 Å². The van der Waals surface area contributed by atoms with Crippen LogP contribution in [0, 0.1) is 20.8 Å². The van der Waals surface area contributed by atoms with Crippen LogP contribution in [0.4, 0.5) is 5.69 Å². The molecule has 7 nitrogen and oxygen atoms in total. The predicted octanol–water partition coefficient (Wildman–Crippen LogP) is 3.71. The van der Waals surface area contributed by atoms with E-state index >= 15 is 0 Å². The van der Waals surface area contributed by atoms with Crippen LogP contribution in [0.25, 0.3) is 0 Å². The molecule has 0 spiro atoms. The standard InChI is InChI=1S/C26H37N3O4S/c1-7-14-27-26(31)24(8-2)28(17-22-11-9-10-19(3)15-22)25(30)18-29(34(6,32)33)23-13-12-20(4)21(5)16-23/h9-13,15-16,24H,7-8,14,17-18H2,1-6H3,(H,27,31)/t24-/m0/s1. The highest BCUT2D eigenvalue weighted by molar-refractivity contribution is 7.92. The number of nitrogens with one attached hydrogen (secondary N) is 1. The minimum absolute atomic E-state index is 0.211. The first-order chi connectivity index (χ1) is 16.0. The van der Waals surface area contributed by atoms with Gasteiger partial charge >= 0.3 is 0 Å². The summed E-state index contributed by atoms with van der Waals surface area (Å²) in [6, 6.07) is 12.3.